The predicted molar refractivity (Wildman–Crippen MR) is 194 cm³/mol. The van der Waals surface area contributed by atoms with Crippen molar-refractivity contribution in [1.82, 2.24) is 10.0 Å². The van der Waals surface area contributed by atoms with Gasteiger partial charge in [0.05, 0.1) is 10.5 Å². The molecule has 0 bridgehead atoms. The highest BCUT2D eigenvalue weighted by Crippen LogP contribution is 2.48. The minimum Gasteiger partial charge on any atom is -0.423 e. The number of fused-ring (bicyclic) bond motifs is 1. The van der Waals surface area contributed by atoms with Crippen molar-refractivity contribution >= 4 is 45.8 Å². The van der Waals surface area contributed by atoms with Gasteiger partial charge in [-0.05, 0) is 73.7 Å². The number of hydrogen-bond donors (Lipinski definition) is 2. The van der Waals surface area contributed by atoms with Crippen LogP contribution in [0.3, 0.4) is 0 Å². The van der Waals surface area contributed by atoms with E-state index in [2.05, 4.69) is 10.0 Å². The Bertz CT molecular complexity index is 2410. The van der Waals surface area contributed by atoms with Gasteiger partial charge < -0.3 is 23.5 Å². The summed E-state index contributed by atoms with van der Waals surface area (Å²) in [7, 11) is -8.03. The van der Waals surface area contributed by atoms with Crippen molar-refractivity contribution in [2.45, 2.75) is 11.8 Å². The van der Waals surface area contributed by atoms with Crippen LogP contribution in [0.5, 0.6) is 17.2 Å². The predicted octanol–water partition coefficient (Wildman–Crippen LogP) is 6.01. The van der Waals surface area contributed by atoms with Crippen LogP contribution >= 0.6 is 7.60 Å². The number of esters is 1. The molecular weight excluding hydrogens is 707 g/mol. The van der Waals surface area contributed by atoms with E-state index in [-0.39, 0.29) is 57.2 Å². The number of hydrogen-bond acceptors (Lipinski definition) is 10. The maximum Gasteiger partial charge on any atom is 0.463 e. The summed E-state index contributed by atoms with van der Waals surface area (Å²) in [6.07, 6.45) is 0. The maximum atomic E-state index is 14.5. The molecule has 1 amide bonds. The van der Waals surface area contributed by atoms with Crippen LogP contribution in [0.1, 0.15) is 26.3 Å². The van der Waals surface area contributed by atoms with Crippen LogP contribution in [0.15, 0.2) is 148 Å². The van der Waals surface area contributed by atoms with E-state index < -0.39 is 35.1 Å². The van der Waals surface area contributed by atoms with Crippen molar-refractivity contribution in [3.05, 3.63) is 161 Å². The van der Waals surface area contributed by atoms with E-state index in [4.69, 9.17) is 18.2 Å². The molecule has 6 aromatic rings. The Morgan fingerprint density at radius 3 is 1.98 bits per heavy atom. The summed E-state index contributed by atoms with van der Waals surface area (Å²) < 4.78 is 64.7. The average molecular weight is 739 g/mol. The second-order valence-electron chi connectivity index (χ2n) is 11.3. The lowest BCUT2D eigenvalue weighted by Gasteiger charge is -2.22. The van der Waals surface area contributed by atoms with E-state index in [0.717, 1.165) is 5.56 Å². The molecule has 1 aromatic heterocycles. The van der Waals surface area contributed by atoms with Gasteiger partial charge in [0.2, 0.25) is 10.0 Å². The topological polar surface area (TPSA) is 167 Å². The molecule has 1 heterocycles. The van der Waals surface area contributed by atoms with Gasteiger partial charge >= 0.3 is 19.2 Å². The Labute approximate surface area is 298 Å². The van der Waals surface area contributed by atoms with E-state index in [9.17, 15) is 27.4 Å². The smallest absolute Gasteiger partial charge is 0.423 e. The van der Waals surface area contributed by atoms with Crippen molar-refractivity contribution in [3.8, 4) is 17.2 Å². The second-order valence-corrected chi connectivity index (χ2v) is 14.9. The first-order valence-electron chi connectivity index (χ1n) is 15.8. The summed E-state index contributed by atoms with van der Waals surface area (Å²) >= 11 is 0. The van der Waals surface area contributed by atoms with Gasteiger partial charge in [0, 0.05) is 24.5 Å². The fraction of sp³-hybridized carbons (Fsp3) is 0.0789. The number of benzene rings is 5. The molecule has 0 saturated heterocycles. The first kappa shape index (κ1) is 35.8. The Balaban J connectivity index is 1.17. The molecule has 2 N–H and O–H groups in total. The minimum atomic E-state index is -4.24. The average Bonchev–Trinajstić information content (AvgIpc) is 3.14. The standard InChI is InChI=1S/C38H31N2O10PS/c1-26-16-20-31(21-17-26)52(45,46)40-23-22-39-36(41)33-24-27-18-19-30(25-34(27)48-38(33)43)47-37(42)32-14-8-9-15-35(32)51(44,49-28-10-4-2-5-11-28)50-29-12-6-3-7-13-29/h2-21,24-25,40H,22-23H2,1H3,(H,39,41). The molecule has 5 aromatic carbocycles. The van der Waals surface area contributed by atoms with Crippen LogP contribution < -0.4 is 34.8 Å². The molecule has 0 radical (unpaired) electrons. The lowest BCUT2D eigenvalue weighted by Crippen LogP contribution is -2.36. The van der Waals surface area contributed by atoms with Crippen molar-refractivity contribution < 1.29 is 40.8 Å². The number of ether oxygens (including phenoxy) is 1. The quantitative estimate of drug-likeness (QED) is 0.0471. The zero-order valence-electron chi connectivity index (χ0n) is 27.6. The summed E-state index contributed by atoms with van der Waals surface area (Å²) in [4.78, 5) is 39.2. The SMILES string of the molecule is Cc1ccc(S(=O)(=O)NCCNC(=O)c2cc3ccc(OC(=O)c4ccccc4P(=O)(Oc4ccccc4)Oc4ccccc4)cc3oc2=O)cc1. The van der Waals surface area contributed by atoms with Gasteiger partial charge in [0.25, 0.3) is 5.91 Å². The van der Waals surface area contributed by atoms with E-state index >= 15 is 0 Å². The van der Waals surface area contributed by atoms with Crippen LogP contribution in [0, 0.1) is 6.92 Å². The number of amides is 1. The number of nitrogens with one attached hydrogen (secondary N) is 2. The lowest BCUT2D eigenvalue weighted by molar-refractivity contribution is 0.0735. The number of carbonyl (C=O) groups is 2. The third-order valence-electron chi connectivity index (χ3n) is 7.55. The highest BCUT2D eigenvalue weighted by atomic mass is 32.2. The monoisotopic (exact) mass is 738 g/mol. The summed E-state index contributed by atoms with van der Waals surface area (Å²) in [6, 6.07) is 34.7. The maximum absolute atomic E-state index is 14.5. The zero-order valence-corrected chi connectivity index (χ0v) is 29.3. The molecule has 14 heteroatoms. The molecule has 0 aliphatic rings. The zero-order chi connectivity index (χ0) is 36.7. The van der Waals surface area contributed by atoms with E-state index in [1.54, 1.807) is 84.9 Å². The highest BCUT2D eigenvalue weighted by Gasteiger charge is 2.36. The van der Waals surface area contributed by atoms with Crippen molar-refractivity contribution in [1.29, 1.82) is 0 Å². The third kappa shape index (κ3) is 8.47. The molecule has 0 spiro atoms. The summed E-state index contributed by atoms with van der Waals surface area (Å²) in [5, 5.41) is 2.81. The molecule has 52 heavy (non-hydrogen) atoms. The summed E-state index contributed by atoms with van der Waals surface area (Å²) in [5.41, 5.74) is -0.424. The normalized spacial score (nSPS) is 11.5. The third-order valence-corrected chi connectivity index (χ3v) is 10.9. The molecular formula is C38H31N2O10PS. The number of para-hydroxylation sites is 2. The number of carbonyl (C=O) groups excluding carboxylic acids is 2. The Morgan fingerprint density at radius 2 is 1.33 bits per heavy atom. The molecule has 0 aliphatic carbocycles. The Morgan fingerprint density at radius 1 is 0.712 bits per heavy atom. The molecule has 0 fully saturated rings. The molecule has 0 aliphatic heterocycles. The minimum absolute atomic E-state index is 0.00342. The fourth-order valence-corrected chi connectivity index (χ4v) is 7.77. The van der Waals surface area contributed by atoms with Crippen LogP contribution in [0.4, 0.5) is 0 Å². The number of aryl methyl sites for hydroxylation is 1. The van der Waals surface area contributed by atoms with Gasteiger partial charge in [-0.2, -0.15) is 0 Å². The Hall–Kier alpha value is -6.01. The van der Waals surface area contributed by atoms with Gasteiger partial charge in [-0.25, -0.2) is 27.3 Å². The van der Waals surface area contributed by atoms with Gasteiger partial charge in [0.1, 0.15) is 33.7 Å². The van der Waals surface area contributed by atoms with E-state index in [0.29, 0.717) is 5.39 Å². The van der Waals surface area contributed by atoms with Crippen LogP contribution in [0.25, 0.3) is 11.0 Å². The first-order chi connectivity index (χ1) is 25.0. The van der Waals surface area contributed by atoms with Gasteiger partial charge in [-0.15, -0.1) is 0 Å². The first-order valence-corrected chi connectivity index (χ1v) is 18.9. The van der Waals surface area contributed by atoms with Gasteiger partial charge in [0.15, 0.2) is 0 Å². The lowest BCUT2D eigenvalue weighted by atomic mass is 10.1. The van der Waals surface area contributed by atoms with Crippen molar-refractivity contribution in [2.24, 2.45) is 0 Å². The molecule has 0 saturated carbocycles. The van der Waals surface area contributed by atoms with Gasteiger partial charge in [-0.1, -0.05) is 66.2 Å². The second kappa shape index (κ2) is 15.5. The number of rotatable bonds is 13. The van der Waals surface area contributed by atoms with E-state index in [1.165, 1.54) is 48.5 Å². The van der Waals surface area contributed by atoms with Crippen LogP contribution in [-0.2, 0) is 14.6 Å². The fourth-order valence-electron chi connectivity index (χ4n) is 4.98. The van der Waals surface area contributed by atoms with Crippen molar-refractivity contribution in [2.75, 3.05) is 13.1 Å². The van der Waals surface area contributed by atoms with Crippen LogP contribution in [-0.4, -0.2) is 33.4 Å². The summed E-state index contributed by atoms with van der Waals surface area (Å²) in [6.45, 7) is 1.62. The van der Waals surface area contributed by atoms with Gasteiger partial charge in [-0.3, -0.25) is 4.79 Å². The molecule has 264 valence electrons. The van der Waals surface area contributed by atoms with Crippen LogP contribution in [0.2, 0.25) is 0 Å². The molecule has 6 rings (SSSR count). The number of sulfonamides is 1. The van der Waals surface area contributed by atoms with Crippen molar-refractivity contribution in [3.63, 3.8) is 0 Å². The van der Waals surface area contributed by atoms with E-state index in [1.807, 2.05) is 6.92 Å². The molecule has 0 unspecified atom stereocenters. The summed E-state index contributed by atoms with van der Waals surface area (Å²) in [5.74, 6) is -1.15. The molecule has 0 atom stereocenters. The highest BCUT2D eigenvalue weighted by molar-refractivity contribution is 7.89. The Kier molecular flexibility index (Phi) is 10.7. The largest absolute Gasteiger partial charge is 0.463 e. The molecule has 12 nitrogen and oxygen atoms in total.